The Balaban J connectivity index is 2.84. The topological polar surface area (TPSA) is 163 Å². The number of Topliss-reactive ketones (excluding diaryl/α,β-unsaturated/α-hetero) is 3. The molecule has 0 aromatic carbocycles. The number of rotatable bonds is 22. The molecular weight excluding hydrogens is 526 g/mol. The third-order valence-electron chi connectivity index (χ3n) is 7.82. The standard InChI is InChI=1S/C30H53N5O6/c1-22(36)9-15-34(16-10-23(2)37)18-12-28(32)27(21-25-5-7-26(31)8-6-25)30(40)33-14-20-35(17-11-24(3)38)19-13-29(39)41-4/h25-27,32H,5-21,31H2,1-4H3,(H,33,40). The second-order valence-electron chi connectivity index (χ2n) is 11.5. The van der Waals surface area contributed by atoms with Crippen LogP contribution in [0.2, 0.25) is 0 Å². The fourth-order valence-electron chi connectivity index (χ4n) is 5.05. The molecule has 1 rings (SSSR count). The molecule has 1 amide bonds. The molecule has 0 bridgehead atoms. The monoisotopic (exact) mass is 579 g/mol. The molecule has 1 aliphatic rings. The lowest BCUT2D eigenvalue weighted by molar-refractivity contribution is -0.141. The lowest BCUT2D eigenvalue weighted by atomic mass is 9.79. The molecule has 0 aromatic rings. The van der Waals surface area contributed by atoms with Crippen molar-refractivity contribution in [1.82, 2.24) is 15.1 Å². The Morgan fingerprint density at radius 3 is 1.73 bits per heavy atom. The Morgan fingerprint density at radius 1 is 0.780 bits per heavy atom. The first kappa shape index (κ1) is 36.5. The van der Waals surface area contributed by atoms with Crippen molar-refractivity contribution in [3.8, 4) is 0 Å². The van der Waals surface area contributed by atoms with Crippen LogP contribution < -0.4 is 11.1 Å². The summed E-state index contributed by atoms with van der Waals surface area (Å²) in [5, 5.41) is 11.9. The average molecular weight is 580 g/mol. The van der Waals surface area contributed by atoms with E-state index >= 15 is 0 Å². The van der Waals surface area contributed by atoms with Crippen LogP contribution in [0.1, 0.15) is 85.0 Å². The number of ketones is 3. The van der Waals surface area contributed by atoms with Crippen LogP contribution in [0.15, 0.2) is 0 Å². The molecule has 0 aromatic heterocycles. The second-order valence-corrected chi connectivity index (χ2v) is 11.5. The Bertz CT molecular complexity index is 853. The van der Waals surface area contributed by atoms with E-state index in [0.717, 1.165) is 25.7 Å². The van der Waals surface area contributed by atoms with Crippen molar-refractivity contribution >= 4 is 34.9 Å². The molecule has 11 heteroatoms. The number of carbonyl (C=O) groups is 5. The summed E-state index contributed by atoms with van der Waals surface area (Å²) in [6.45, 7) is 7.87. The van der Waals surface area contributed by atoms with E-state index in [0.29, 0.717) is 89.5 Å². The molecule has 41 heavy (non-hydrogen) atoms. The summed E-state index contributed by atoms with van der Waals surface area (Å²) in [7, 11) is 1.34. The number of nitrogens with zero attached hydrogens (tertiary/aromatic N) is 2. The first-order valence-electron chi connectivity index (χ1n) is 15.0. The van der Waals surface area contributed by atoms with Gasteiger partial charge in [0, 0.05) is 76.8 Å². The summed E-state index contributed by atoms with van der Waals surface area (Å²) >= 11 is 0. The molecule has 234 valence electrons. The Kier molecular flexibility index (Phi) is 18.2. The van der Waals surface area contributed by atoms with E-state index in [4.69, 9.17) is 15.9 Å². The number of methoxy groups -OCH3 is 1. The molecule has 1 fully saturated rings. The maximum Gasteiger partial charge on any atom is 0.306 e. The summed E-state index contributed by atoms with van der Waals surface area (Å²) in [5.74, 6) is -0.568. The zero-order valence-electron chi connectivity index (χ0n) is 25.7. The Hall–Kier alpha value is -2.50. The van der Waals surface area contributed by atoms with Gasteiger partial charge in [-0.1, -0.05) is 0 Å². The minimum Gasteiger partial charge on any atom is -0.469 e. The Morgan fingerprint density at radius 2 is 1.24 bits per heavy atom. The molecule has 0 heterocycles. The number of nitrogens with one attached hydrogen (secondary N) is 2. The van der Waals surface area contributed by atoms with Gasteiger partial charge in [0.1, 0.15) is 17.3 Å². The van der Waals surface area contributed by atoms with Crippen LogP contribution in [0.3, 0.4) is 0 Å². The molecule has 4 N–H and O–H groups in total. The third kappa shape index (κ3) is 17.1. The Labute approximate surface area is 245 Å². The van der Waals surface area contributed by atoms with Crippen molar-refractivity contribution < 1.29 is 28.7 Å². The molecule has 1 aliphatic carbocycles. The van der Waals surface area contributed by atoms with Gasteiger partial charge in [0.05, 0.1) is 19.4 Å². The van der Waals surface area contributed by atoms with Gasteiger partial charge in [-0.05, 0) is 65.2 Å². The van der Waals surface area contributed by atoms with Crippen molar-refractivity contribution in [2.45, 2.75) is 91.0 Å². The molecule has 0 saturated heterocycles. The summed E-state index contributed by atoms with van der Waals surface area (Å²) in [6, 6.07) is 0.195. The number of hydrogen-bond acceptors (Lipinski definition) is 10. The van der Waals surface area contributed by atoms with Crippen LogP contribution in [-0.2, 0) is 28.7 Å². The smallest absolute Gasteiger partial charge is 0.306 e. The highest BCUT2D eigenvalue weighted by molar-refractivity contribution is 6.02. The van der Waals surface area contributed by atoms with Gasteiger partial charge >= 0.3 is 5.97 Å². The molecule has 1 atom stereocenters. The lowest BCUT2D eigenvalue weighted by Gasteiger charge is -2.30. The van der Waals surface area contributed by atoms with Crippen LogP contribution in [0.4, 0.5) is 0 Å². The average Bonchev–Trinajstić information content (AvgIpc) is 2.92. The number of nitrogens with two attached hydrogens (primary N) is 1. The maximum absolute atomic E-state index is 13.4. The van der Waals surface area contributed by atoms with Crippen LogP contribution >= 0.6 is 0 Å². The predicted molar refractivity (Wildman–Crippen MR) is 159 cm³/mol. The first-order valence-corrected chi connectivity index (χ1v) is 15.0. The van der Waals surface area contributed by atoms with E-state index in [1.54, 1.807) is 13.8 Å². The van der Waals surface area contributed by atoms with E-state index in [1.807, 2.05) is 9.80 Å². The number of ether oxygens (including phenoxy) is 1. The summed E-state index contributed by atoms with van der Waals surface area (Å²) in [4.78, 5) is 63.6. The zero-order chi connectivity index (χ0) is 30.8. The number of amides is 1. The van der Waals surface area contributed by atoms with Gasteiger partial charge in [-0.15, -0.1) is 0 Å². The highest BCUT2D eigenvalue weighted by Crippen LogP contribution is 2.29. The van der Waals surface area contributed by atoms with Crippen LogP contribution in [0, 0.1) is 17.2 Å². The highest BCUT2D eigenvalue weighted by atomic mass is 16.5. The van der Waals surface area contributed by atoms with E-state index < -0.39 is 5.92 Å². The quantitative estimate of drug-likeness (QED) is 0.129. The fourth-order valence-corrected chi connectivity index (χ4v) is 5.05. The summed E-state index contributed by atoms with van der Waals surface area (Å²) < 4.78 is 4.73. The zero-order valence-corrected chi connectivity index (χ0v) is 25.7. The second kappa shape index (κ2) is 20.4. The van der Waals surface area contributed by atoms with E-state index in [2.05, 4.69) is 5.32 Å². The molecule has 1 saturated carbocycles. The van der Waals surface area contributed by atoms with Crippen LogP contribution in [0.25, 0.3) is 0 Å². The minimum absolute atomic E-state index is 0.0541. The van der Waals surface area contributed by atoms with Crippen molar-refractivity contribution in [3.05, 3.63) is 0 Å². The molecule has 1 unspecified atom stereocenters. The van der Waals surface area contributed by atoms with Crippen molar-refractivity contribution in [2.24, 2.45) is 17.6 Å². The highest BCUT2D eigenvalue weighted by Gasteiger charge is 2.29. The number of hydrogen-bond donors (Lipinski definition) is 3. The van der Waals surface area contributed by atoms with Crippen molar-refractivity contribution in [1.29, 1.82) is 5.41 Å². The molecule has 0 radical (unpaired) electrons. The fraction of sp³-hybridized carbons (Fsp3) is 0.800. The van der Waals surface area contributed by atoms with Crippen LogP contribution in [-0.4, -0.2) is 104 Å². The molecule has 11 nitrogen and oxygen atoms in total. The van der Waals surface area contributed by atoms with E-state index in [9.17, 15) is 24.0 Å². The van der Waals surface area contributed by atoms with Gasteiger partial charge in [-0.2, -0.15) is 0 Å². The van der Waals surface area contributed by atoms with Gasteiger partial charge in [0.25, 0.3) is 0 Å². The minimum atomic E-state index is -0.572. The van der Waals surface area contributed by atoms with Gasteiger partial charge < -0.3 is 31.0 Å². The first-order chi connectivity index (χ1) is 19.4. The van der Waals surface area contributed by atoms with E-state index in [-0.39, 0.29) is 41.7 Å². The summed E-state index contributed by atoms with van der Waals surface area (Å²) in [5.41, 5.74) is 6.44. The van der Waals surface area contributed by atoms with Gasteiger partial charge in [-0.25, -0.2) is 0 Å². The number of carbonyl (C=O) groups excluding carboxylic acids is 5. The molecular formula is C30H53N5O6. The predicted octanol–water partition coefficient (Wildman–Crippen LogP) is 2.14. The maximum atomic E-state index is 13.4. The van der Waals surface area contributed by atoms with Crippen LogP contribution in [0.5, 0.6) is 0 Å². The van der Waals surface area contributed by atoms with Gasteiger partial charge in [0.15, 0.2) is 0 Å². The SMILES string of the molecule is COC(=O)CCN(CCNC(=O)C(CC1CCC(N)CC1)C(=N)CCN(CCC(C)=O)CCC(C)=O)CCC(C)=O. The van der Waals surface area contributed by atoms with Crippen molar-refractivity contribution in [2.75, 3.05) is 52.9 Å². The van der Waals surface area contributed by atoms with Gasteiger partial charge in [-0.3, -0.25) is 24.0 Å². The normalized spacial score (nSPS) is 17.7. The third-order valence-corrected chi connectivity index (χ3v) is 7.82. The largest absolute Gasteiger partial charge is 0.469 e. The van der Waals surface area contributed by atoms with Crippen molar-refractivity contribution in [3.63, 3.8) is 0 Å². The molecule has 0 aliphatic heterocycles. The summed E-state index contributed by atoms with van der Waals surface area (Å²) in [6.07, 6.45) is 6.00. The van der Waals surface area contributed by atoms with Gasteiger partial charge in [0.2, 0.25) is 5.91 Å². The lowest BCUT2D eigenvalue weighted by Crippen LogP contribution is -2.42. The van der Waals surface area contributed by atoms with E-state index in [1.165, 1.54) is 14.0 Å². The molecule has 0 spiro atoms. The number of esters is 1.